The highest BCUT2D eigenvalue weighted by Gasteiger charge is 2.16. The molecule has 0 saturated heterocycles. The largest absolute Gasteiger partial charge is 0.472 e. The van der Waals surface area contributed by atoms with Gasteiger partial charge in [-0.2, -0.15) is 4.52 Å². The van der Waals surface area contributed by atoms with Gasteiger partial charge in [0.1, 0.15) is 0 Å². The fraction of sp³-hybridized carbons (Fsp3) is 0.375. The molecular weight excluding hydrogens is 218 g/mol. The van der Waals surface area contributed by atoms with Crippen molar-refractivity contribution in [1.29, 1.82) is 0 Å². The Balaban J connectivity index is 2.42. The van der Waals surface area contributed by atoms with Crippen molar-refractivity contribution in [3.05, 3.63) is 11.9 Å². The Hall–Kier alpha value is -1.63. The lowest BCUT2D eigenvalue weighted by Crippen LogP contribution is -2.08. The molecule has 0 spiro atoms. The summed E-state index contributed by atoms with van der Waals surface area (Å²) >= 11 is 1.26. The Bertz CT molecular complexity index is 490. The summed E-state index contributed by atoms with van der Waals surface area (Å²) in [5, 5.41) is 4.51. The Morgan fingerprint density at radius 3 is 3.13 bits per heavy atom. The van der Waals surface area contributed by atoms with E-state index >= 15 is 0 Å². The molecule has 0 atom stereocenters. The Labute approximate surface area is 89.4 Å². The Morgan fingerprint density at radius 1 is 1.67 bits per heavy atom. The number of methoxy groups -OCH3 is 1. The van der Waals surface area contributed by atoms with Crippen LogP contribution in [0.1, 0.15) is 17.4 Å². The minimum atomic E-state index is -0.432. The third-order valence-electron chi connectivity index (χ3n) is 1.73. The molecule has 7 heteroatoms. The van der Waals surface area contributed by atoms with Crippen LogP contribution in [-0.2, 0) is 4.74 Å². The van der Waals surface area contributed by atoms with Crippen molar-refractivity contribution in [3.8, 4) is 5.19 Å². The predicted molar refractivity (Wildman–Crippen MR) is 53.4 cm³/mol. The van der Waals surface area contributed by atoms with E-state index in [1.165, 1.54) is 29.2 Å². The predicted octanol–water partition coefficient (Wildman–Crippen LogP) is 0.976. The molecule has 2 aromatic heterocycles. The van der Waals surface area contributed by atoms with Crippen molar-refractivity contribution in [2.24, 2.45) is 0 Å². The van der Waals surface area contributed by atoms with Crippen LogP contribution in [0.2, 0.25) is 0 Å². The molecule has 0 aliphatic carbocycles. The zero-order valence-corrected chi connectivity index (χ0v) is 9.08. The second-order valence-electron chi connectivity index (χ2n) is 2.63. The van der Waals surface area contributed by atoms with E-state index < -0.39 is 5.97 Å². The topological polar surface area (TPSA) is 65.7 Å². The highest BCUT2D eigenvalue weighted by molar-refractivity contribution is 7.18. The van der Waals surface area contributed by atoms with Crippen LogP contribution in [0.25, 0.3) is 4.96 Å². The molecule has 80 valence electrons. The smallest absolute Gasteiger partial charge is 0.358 e. The maximum atomic E-state index is 11.5. The summed E-state index contributed by atoms with van der Waals surface area (Å²) in [5.74, 6) is -0.432. The van der Waals surface area contributed by atoms with Gasteiger partial charge in [-0.05, 0) is 18.3 Å². The van der Waals surface area contributed by atoms with Gasteiger partial charge in [-0.15, -0.1) is 5.10 Å². The van der Waals surface area contributed by atoms with Crippen molar-refractivity contribution in [2.45, 2.75) is 6.92 Å². The lowest BCUT2D eigenvalue weighted by Gasteiger charge is -1.97. The van der Waals surface area contributed by atoms with E-state index in [0.29, 0.717) is 22.5 Å². The minimum Gasteiger partial charge on any atom is -0.472 e. The van der Waals surface area contributed by atoms with Crippen molar-refractivity contribution < 1.29 is 14.3 Å². The average Bonchev–Trinajstić information content (AvgIpc) is 2.75. The number of rotatable bonds is 3. The number of nitrogens with zero attached hydrogens (tertiary/aromatic N) is 3. The van der Waals surface area contributed by atoms with Crippen LogP contribution in [-0.4, -0.2) is 34.3 Å². The molecule has 6 nitrogen and oxygen atoms in total. The van der Waals surface area contributed by atoms with E-state index in [-0.39, 0.29) is 0 Å². The minimum absolute atomic E-state index is 0.311. The fourth-order valence-electron chi connectivity index (χ4n) is 1.10. The molecule has 0 amide bonds. The number of fused-ring (bicyclic) bond motifs is 1. The molecule has 0 saturated carbocycles. The first-order chi connectivity index (χ1) is 7.26. The normalized spacial score (nSPS) is 10.5. The van der Waals surface area contributed by atoms with E-state index in [1.807, 2.05) is 0 Å². The summed E-state index contributed by atoms with van der Waals surface area (Å²) in [4.78, 5) is 16.1. The third kappa shape index (κ3) is 1.65. The average molecular weight is 227 g/mol. The van der Waals surface area contributed by atoms with Gasteiger partial charge in [0.15, 0.2) is 5.69 Å². The lowest BCUT2D eigenvalue weighted by atomic mass is 10.5. The van der Waals surface area contributed by atoms with E-state index in [0.717, 1.165) is 0 Å². The molecule has 2 heterocycles. The third-order valence-corrected chi connectivity index (χ3v) is 2.61. The van der Waals surface area contributed by atoms with Crippen LogP contribution in [0, 0.1) is 0 Å². The number of carbonyl (C=O) groups is 1. The quantitative estimate of drug-likeness (QED) is 0.731. The molecule has 0 aliphatic heterocycles. The van der Waals surface area contributed by atoms with Crippen molar-refractivity contribution in [3.63, 3.8) is 0 Å². The van der Waals surface area contributed by atoms with Gasteiger partial charge < -0.3 is 9.47 Å². The molecule has 0 N–H and O–H groups in total. The first-order valence-corrected chi connectivity index (χ1v) is 5.13. The molecule has 0 aromatic carbocycles. The molecule has 2 rings (SSSR count). The lowest BCUT2D eigenvalue weighted by molar-refractivity contribution is 0.0517. The van der Waals surface area contributed by atoms with Crippen LogP contribution in [0.5, 0.6) is 5.19 Å². The van der Waals surface area contributed by atoms with Crippen LogP contribution < -0.4 is 4.74 Å². The standard InChI is InChI=1S/C8H9N3O3S/c1-3-14-6(12)5-4-9-7-11(5)10-8(13-2)15-7/h4H,3H2,1-2H3. The van der Waals surface area contributed by atoms with Crippen molar-refractivity contribution >= 4 is 22.3 Å². The Kier molecular flexibility index (Phi) is 2.55. The zero-order valence-electron chi connectivity index (χ0n) is 8.26. The van der Waals surface area contributed by atoms with Gasteiger partial charge >= 0.3 is 5.97 Å². The molecule has 0 fully saturated rings. The highest BCUT2D eigenvalue weighted by atomic mass is 32.1. The van der Waals surface area contributed by atoms with E-state index in [2.05, 4.69) is 10.1 Å². The van der Waals surface area contributed by atoms with Gasteiger partial charge in [0, 0.05) is 0 Å². The number of hydrogen-bond donors (Lipinski definition) is 0. The summed E-state index contributed by atoms with van der Waals surface area (Å²) in [6.07, 6.45) is 1.44. The number of ether oxygens (including phenoxy) is 2. The fourth-order valence-corrected chi connectivity index (χ4v) is 1.79. The SMILES string of the molecule is CCOC(=O)c1cnc2sc(OC)nn12. The molecule has 15 heavy (non-hydrogen) atoms. The Morgan fingerprint density at radius 2 is 2.47 bits per heavy atom. The first-order valence-electron chi connectivity index (χ1n) is 4.32. The van der Waals surface area contributed by atoms with Gasteiger partial charge in [0.2, 0.25) is 4.96 Å². The molecule has 0 bridgehead atoms. The van der Waals surface area contributed by atoms with Crippen LogP contribution >= 0.6 is 11.3 Å². The van der Waals surface area contributed by atoms with Crippen molar-refractivity contribution in [1.82, 2.24) is 14.6 Å². The van der Waals surface area contributed by atoms with Gasteiger partial charge in [-0.25, -0.2) is 9.78 Å². The number of aromatic nitrogens is 3. The van der Waals surface area contributed by atoms with Crippen LogP contribution in [0.3, 0.4) is 0 Å². The second-order valence-corrected chi connectivity index (χ2v) is 3.55. The molecule has 2 aromatic rings. The maximum Gasteiger partial charge on any atom is 0.358 e. The maximum absolute atomic E-state index is 11.5. The number of esters is 1. The monoisotopic (exact) mass is 227 g/mol. The number of hydrogen-bond acceptors (Lipinski definition) is 6. The van der Waals surface area contributed by atoms with Crippen LogP contribution in [0.4, 0.5) is 0 Å². The number of imidazole rings is 1. The van der Waals surface area contributed by atoms with Gasteiger partial charge in [-0.1, -0.05) is 0 Å². The first kappa shape index (κ1) is 9.91. The molecular formula is C8H9N3O3S. The van der Waals surface area contributed by atoms with E-state index in [9.17, 15) is 4.79 Å². The van der Waals surface area contributed by atoms with E-state index in [1.54, 1.807) is 6.92 Å². The molecule has 0 radical (unpaired) electrons. The summed E-state index contributed by atoms with van der Waals surface area (Å²) in [5.41, 5.74) is 0.311. The second kappa shape index (κ2) is 3.85. The summed E-state index contributed by atoms with van der Waals surface area (Å²) < 4.78 is 11.2. The van der Waals surface area contributed by atoms with Gasteiger partial charge in [0.05, 0.1) is 19.9 Å². The summed E-state index contributed by atoms with van der Waals surface area (Å²) in [6, 6.07) is 0. The van der Waals surface area contributed by atoms with Gasteiger partial charge in [0.25, 0.3) is 5.19 Å². The summed E-state index contributed by atoms with van der Waals surface area (Å²) in [6.45, 7) is 2.07. The molecule has 0 unspecified atom stereocenters. The molecule has 0 aliphatic rings. The number of carbonyl (C=O) groups excluding carboxylic acids is 1. The van der Waals surface area contributed by atoms with Gasteiger partial charge in [-0.3, -0.25) is 0 Å². The zero-order chi connectivity index (χ0) is 10.8. The van der Waals surface area contributed by atoms with E-state index in [4.69, 9.17) is 9.47 Å². The highest BCUT2D eigenvalue weighted by Crippen LogP contribution is 2.21. The van der Waals surface area contributed by atoms with Crippen LogP contribution in [0.15, 0.2) is 6.20 Å². The van der Waals surface area contributed by atoms with Crippen molar-refractivity contribution in [2.75, 3.05) is 13.7 Å². The summed E-state index contributed by atoms with van der Waals surface area (Å²) in [7, 11) is 1.52.